The second-order valence-corrected chi connectivity index (χ2v) is 12.7. The Kier molecular flexibility index (Phi) is 18.9. The summed E-state index contributed by atoms with van der Waals surface area (Å²) >= 11 is 0. The third kappa shape index (κ3) is 15.6. The molecular weight excluding hydrogens is 716 g/mol. The molecular formula is C44H52N2O10. The zero-order chi connectivity index (χ0) is 39.8. The van der Waals surface area contributed by atoms with E-state index in [1.165, 1.54) is 24.6 Å². The van der Waals surface area contributed by atoms with Crippen LogP contribution in [0, 0.1) is 0 Å². The molecule has 0 atom stereocenters. The normalized spacial score (nSPS) is 11.2. The number of unbranched alkanes of at least 4 members (excludes halogenated alkanes) is 4. The summed E-state index contributed by atoms with van der Waals surface area (Å²) in [4.78, 5) is 33.7. The van der Waals surface area contributed by atoms with Gasteiger partial charge in [-0.05, 0) is 85.6 Å². The van der Waals surface area contributed by atoms with Gasteiger partial charge in [0.2, 0.25) is 0 Å². The quantitative estimate of drug-likeness (QED) is 0.0292. The van der Waals surface area contributed by atoms with Crippen LogP contribution in [0.5, 0.6) is 34.5 Å². The van der Waals surface area contributed by atoms with Crippen LogP contribution >= 0.6 is 0 Å². The molecule has 0 aromatic heterocycles. The molecule has 0 saturated carbocycles. The Labute approximate surface area is 328 Å². The van der Waals surface area contributed by atoms with E-state index in [1.807, 2.05) is 0 Å². The fraction of sp³-hybridized carbons (Fsp3) is 0.364. The number of carbonyl (C=O) groups excluding carboxylic acids is 2. The smallest absolute Gasteiger partial charge is 0.343 e. The van der Waals surface area contributed by atoms with E-state index in [0.717, 1.165) is 38.5 Å². The highest BCUT2D eigenvalue weighted by Gasteiger charge is 2.12. The summed E-state index contributed by atoms with van der Waals surface area (Å²) in [6.45, 7) is 7.77. The minimum atomic E-state index is -0.538. The molecule has 0 heterocycles. The molecule has 2 N–H and O–H groups in total. The van der Waals surface area contributed by atoms with Crippen molar-refractivity contribution < 1.29 is 48.2 Å². The minimum absolute atomic E-state index is 0.0681. The van der Waals surface area contributed by atoms with Gasteiger partial charge in [-0.3, -0.25) is 9.98 Å². The van der Waals surface area contributed by atoms with Crippen LogP contribution in [0.15, 0.2) is 94.9 Å². The molecule has 0 spiro atoms. The highest BCUT2D eigenvalue weighted by atomic mass is 16.5. The van der Waals surface area contributed by atoms with Gasteiger partial charge in [0.05, 0.1) is 63.9 Å². The predicted molar refractivity (Wildman–Crippen MR) is 216 cm³/mol. The van der Waals surface area contributed by atoms with E-state index in [9.17, 15) is 19.8 Å². The molecule has 4 aromatic rings. The molecule has 12 heteroatoms. The van der Waals surface area contributed by atoms with Gasteiger partial charge in [0.15, 0.2) is 0 Å². The SMILES string of the molecule is CCCCCOc1ccc(C(=O)Oc2ccc(C=NCCOCCOCCN=Cc3ccc(OC(=O)c4ccc(OCCCCC)cc4)cc3O)c(O)c2)cc1. The van der Waals surface area contributed by atoms with E-state index in [0.29, 0.717) is 86.5 Å². The van der Waals surface area contributed by atoms with E-state index < -0.39 is 11.9 Å². The molecule has 12 nitrogen and oxygen atoms in total. The number of nitrogens with zero attached hydrogens (tertiary/aromatic N) is 2. The van der Waals surface area contributed by atoms with E-state index in [2.05, 4.69) is 23.8 Å². The molecule has 4 rings (SSSR count). The van der Waals surface area contributed by atoms with E-state index in [1.54, 1.807) is 72.8 Å². The van der Waals surface area contributed by atoms with Gasteiger partial charge in [0.1, 0.15) is 34.5 Å². The van der Waals surface area contributed by atoms with Crippen molar-refractivity contribution in [3.8, 4) is 34.5 Å². The van der Waals surface area contributed by atoms with Crippen LogP contribution in [0.1, 0.15) is 84.2 Å². The highest BCUT2D eigenvalue weighted by molar-refractivity contribution is 5.92. The molecule has 4 aromatic carbocycles. The van der Waals surface area contributed by atoms with Crippen LogP contribution in [-0.2, 0) is 9.47 Å². The molecule has 0 bridgehead atoms. The average Bonchev–Trinajstić information content (AvgIpc) is 3.20. The second-order valence-electron chi connectivity index (χ2n) is 12.7. The van der Waals surface area contributed by atoms with Gasteiger partial charge in [0.25, 0.3) is 0 Å². The van der Waals surface area contributed by atoms with E-state index in [4.69, 9.17) is 28.4 Å². The number of aliphatic imine (C=N–C) groups is 2. The first-order chi connectivity index (χ1) is 27.4. The van der Waals surface area contributed by atoms with Crippen molar-refractivity contribution in [2.24, 2.45) is 9.98 Å². The zero-order valence-corrected chi connectivity index (χ0v) is 32.2. The lowest BCUT2D eigenvalue weighted by Crippen LogP contribution is -2.09. The Morgan fingerprint density at radius 1 is 0.518 bits per heavy atom. The maximum Gasteiger partial charge on any atom is 0.343 e. The summed E-state index contributed by atoms with van der Waals surface area (Å²) in [5, 5.41) is 20.8. The van der Waals surface area contributed by atoms with E-state index in [-0.39, 0.29) is 23.0 Å². The number of hydrogen-bond donors (Lipinski definition) is 2. The number of hydrogen-bond acceptors (Lipinski definition) is 12. The zero-order valence-electron chi connectivity index (χ0n) is 32.2. The summed E-state index contributed by atoms with van der Waals surface area (Å²) in [7, 11) is 0. The number of aromatic hydroxyl groups is 2. The summed E-state index contributed by atoms with van der Waals surface area (Å²) in [6, 6.07) is 22.7. The number of ether oxygens (including phenoxy) is 6. The Morgan fingerprint density at radius 3 is 1.29 bits per heavy atom. The van der Waals surface area contributed by atoms with Gasteiger partial charge in [-0.15, -0.1) is 0 Å². The van der Waals surface area contributed by atoms with Crippen molar-refractivity contribution in [3.05, 3.63) is 107 Å². The van der Waals surface area contributed by atoms with Crippen LogP contribution < -0.4 is 18.9 Å². The number of phenolic OH excluding ortho intramolecular Hbond substituents is 2. The number of rotatable bonds is 25. The van der Waals surface area contributed by atoms with Crippen LogP contribution in [0.2, 0.25) is 0 Å². The second kappa shape index (κ2) is 24.6. The van der Waals surface area contributed by atoms with Gasteiger partial charge in [-0.2, -0.15) is 0 Å². The van der Waals surface area contributed by atoms with Crippen LogP contribution in [0.3, 0.4) is 0 Å². The molecule has 298 valence electrons. The van der Waals surface area contributed by atoms with Crippen LogP contribution in [0.4, 0.5) is 0 Å². The predicted octanol–water partition coefficient (Wildman–Crippen LogP) is 8.25. The largest absolute Gasteiger partial charge is 0.507 e. The Hall–Kier alpha value is -5.72. The van der Waals surface area contributed by atoms with Crippen molar-refractivity contribution >= 4 is 24.4 Å². The summed E-state index contributed by atoms with van der Waals surface area (Å²) < 4.78 is 33.3. The molecule has 0 fully saturated rings. The van der Waals surface area contributed by atoms with Crippen molar-refractivity contribution in [3.63, 3.8) is 0 Å². The first-order valence-corrected chi connectivity index (χ1v) is 19.1. The highest BCUT2D eigenvalue weighted by Crippen LogP contribution is 2.25. The topological polar surface area (TPSA) is 155 Å². The Bertz CT molecular complexity index is 1710. The van der Waals surface area contributed by atoms with Gasteiger partial charge < -0.3 is 38.6 Å². The third-order valence-electron chi connectivity index (χ3n) is 8.20. The lowest BCUT2D eigenvalue weighted by Gasteiger charge is -2.08. The number of phenols is 2. The number of esters is 2. The molecule has 0 unspecified atom stereocenters. The van der Waals surface area contributed by atoms with Gasteiger partial charge >= 0.3 is 11.9 Å². The molecule has 0 aliphatic rings. The standard InChI is InChI=1S/C44H52N2O10/c1-3-5-7-23-53-37-15-9-33(10-16-37)43(49)55-39-19-13-35(41(47)29-39)31-45-21-25-51-27-28-52-26-22-46-32-36-14-20-40(30-42(36)48)56-44(50)34-11-17-38(18-12-34)54-24-8-6-4-2/h9-20,29-32,47-48H,3-8,21-28H2,1-2H3. The fourth-order valence-electron chi connectivity index (χ4n) is 5.07. The number of carbonyl (C=O) groups is 2. The summed E-state index contributed by atoms with van der Waals surface area (Å²) in [5.41, 5.74) is 1.71. The maximum atomic E-state index is 12.5. The van der Waals surface area contributed by atoms with Gasteiger partial charge in [-0.25, -0.2) is 9.59 Å². The number of benzene rings is 4. The van der Waals surface area contributed by atoms with Gasteiger partial charge in [-0.1, -0.05) is 39.5 Å². The molecule has 56 heavy (non-hydrogen) atoms. The Morgan fingerprint density at radius 2 is 0.911 bits per heavy atom. The fourth-order valence-corrected chi connectivity index (χ4v) is 5.07. The minimum Gasteiger partial charge on any atom is -0.507 e. The molecule has 0 aliphatic carbocycles. The lowest BCUT2D eigenvalue weighted by molar-refractivity contribution is 0.0541. The first-order valence-electron chi connectivity index (χ1n) is 19.1. The Balaban J connectivity index is 1.05. The maximum absolute atomic E-state index is 12.5. The average molecular weight is 769 g/mol. The van der Waals surface area contributed by atoms with Crippen LogP contribution in [0.25, 0.3) is 0 Å². The van der Waals surface area contributed by atoms with Crippen molar-refractivity contribution in [1.82, 2.24) is 0 Å². The third-order valence-corrected chi connectivity index (χ3v) is 8.20. The summed E-state index contributed by atoms with van der Waals surface area (Å²) in [6.07, 6.45) is 9.49. The lowest BCUT2D eigenvalue weighted by atomic mass is 10.2. The molecule has 0 aliphatic heterocycles. The first kappa shape index (κ1) is 43.0. The molecule has 0 saturated heterocycles. The van der Waals surface area contributed by atoms with Crippen molar-refractivity contribution in [2.45, 2.75) is 52.4 Å². The van der Waals surface area contributed by atoms with E-state index >= 15 is 0 Å². The van der Waals surface area contributed by atoms with Crippen molar-refractivity contribution in [2.75, 3.05) is 52.7 Å². The monoisotopic (exact) mass is 768 g/mol. The van der Waals surface area contributed by atoms with Crippen molar-refractivity contribution in [1.29, 1.82) is 0 Å². The molecule has 0 radical (unpaired) electrons. The van der Waals surface area contributed by atoms with Gasteiger partial charge in [0, 0.05) is 35.7 Å². The molecule has 0 amide bonds. The van der Waals surface area contributed by atoms with Crippen LogP contribution in [-0.4, -0.2) is 87.3 Å². The summed E-state index contributed by atoms with van der Waals surface area (Å²) in [5.74, 6) is 0.614.